The zero-order valence-corrected chi connectivity index (χ0v) is 14.5. The van der Waals surface area contributed by atoms with Crippen LogP contribution in [0.2, 0.25) is 0 Å². The molecule has 5 nitrogen and oxygen atoms in total. The Bertz CT molecular complexity index is 609. The molecule has 23 heavy (non-hydrogen) atoms. The SMILES string of the molecule is C=CC[C@H](NC(=O)OC(C)(C)C)c1cc(C(C)(C)C#N)ccn1. The number of nitrogens with zero attached hydrogens (tertiary/aromatic N) is 2. The minimum absolute atomic E-state index is 0.350. The van der Waals surface area contributed by atoms with E-state index in [1.54, 1.807) is 12.3 Å². The molecule has 1 N–H and O–H groups in total. The Labute approximate surface area is 138 Å². The molecule has 0 bridgehead atoms. The molecule has 1 heterocycles. The standard InChI is InChI=1S/C18H25N3O2/c1-7-8-14(21-16(22)23-17(2,3)4)15-11-13(9-10-20-15)18(5,6)12-19/h7,9-11,14H,1,8H2,2-6H3,(H,21,22)/t14-/m0/s1. The summed E-state index contributed by atoms with van der Waals surface area (Å²) >= 11 is 0. The van der Waals surface area contributed by atoms with Crippen LogP contribution in [-0.4, -0.2) is 16.7 Å². The normalized spacial score (nSPS) is 12.9. The third kappa shape index (κ3) is 5.74. The molecule has 0 aliphatic heterocycles. The van der Waals surface area contributed by atoms with Crippen LogP contribution in [0.25, 0.3) is 0 Å². The molecule has 0 spiro atoms. The number of hydrogen-bond acceptors (Lipinski definition) is 4. The number of amides is 1. The van der Waals surface area contributed by atoms with Crippen LogP contribution in [0.1, 0.15) is 58.3 Å². The molecule has 1 rings (SSSR count). The predicted molar refractivity (Wildman–Crippen MR) is 89.8 cm³/mol. The first-order valence-electron chi connectivity index (χ1n) is 7.57. The van der Waals surface area contributed by atoms with Crippen LogP contribution in [0.4, 0.5) is 4.79 Å². The summed E-state index contributed by atoms with van der Waals surface area (Å²) in [5.41, 5.74) is 0.338. The summed E-state index contributed by atoms with van der Waals surface area (Å²) in [5.74, 6) is 0. The van der Waals surface area contributed by atoms with E-state index in [9.17, 15) is 10.1 Å². The molecule has 124 valence electrons. The number of alkyl carbamates (subject to hydrolysis) is 1. The highest BCUT2D eigenvalue weighted by Crippen LogP contribution is 2.25. The van der Waals surface area contributed by atoms with Crippen LogP contribution in [0.3, 0.4) is 0 Å². The smallest absolute Gasteiger partial charge is 0.408 e. The van der Waals surface area contributed by atoms with Gasteiger partial charge in [-0.1, -0.05) is 6.08 Å². The van der Waals surface area contributed by atoms with E-state index in [4.69, 9.17) is 4.74 Å². The Morgan fingerprint density at radius 2 is 2.13 bits per heavy atom. The van der Waals surface area contributed by atoms with Gasteiger partial charge in [0, 0.05) is 6.20 Å². The molecule has 0 aliphatic rings. The van der Waals surface area contributed by atoms with E-state index in [2.05, 4.69) is 22.9 Å². The van der Waals surface area contributed by atoms with Crippen LogP contribution in [0.5, 0.6) is 0 Å². The zero-order chi connectivity index (χ0) is 17.7. The Hall–Kier alpha value is -2.35. The molecular weight excluding hydrogens is 290 g/mol. The monoisotopic (exact) mass is 315 g/mol. The van der Waals surface area contributed by atoms with Gasteiger partial charge in [0.25, 0.3) is 0 Å². The second kappa shape index (κ2) is 7.28. The number of nitrogens with one attached hydrogen (secondary N) is 1. The number of rotatable bonds is 5. The van der Waals surface area contributed by atoms with E-state index in [0.29, 0.717) is 12.1 Å². The van der Waals surface area contributed by atoms with Gasteiger partial charge in [-0.3, -0.25) is 4.98 Å². The highest BCUT2D eigenvalue weighted by molar-refractivity contribution is 5.68. The summed E-state index contributed by atoms with van der Waals surface area (Å²) in [6.45, 7) is 12.8. The van der Waals surface area contributed by atoms with Crippen LogP contribution in [-0.2, 0) is 10.2 Å². The van der Waals surface area contributed by atoms with Gasteiger partial charge in [0.15, 0.2) is 0 Å². The van der Waals surface area contributed by atoms with Gasteiger partial charge in [-0.25, -0.2) is 4.79 Å². The fourth-order valence-electron chi connectivity index (χ4n) is 1.96. The van der Waals surface area contributed by atoms with Crippen LogP contribution in [0.15, 0.2) is 31.0 Å². The van der Waals surface area contributed by atoms with Crippen molar-refractivity contribution < 1.29 is 9.53 Å². The molecule has 0 radical (unpaired) electrons. The van der Waals surface area contributed by atoms with Crippen molar-refractivity contribution in [2.75, 3.05) is 0 Å². The first-order chi connectivity index (χ1) is 10.6. The molecule has 0 aliphatic carbocycles. The lowest BCUT2D eigenvalue weighted by atomic mass is 9.86. The topological polar surface area (TPSA) is 75.0 Å². The average molecular weight is 315 g/mol. The number of pyridine rings is 1. The average Bonchev–Trinajstić information content (AvgIpc) is 2.45. The lowest BCUT2D eigenvalue weighted by Gasteiger charge is -2.24. The Morgan fingerprint density at radius 3 is 2.65 bits per heavy atom. The Morgan fingerprint density at radius 1 is 1.48 bits per heavy atom. The van der Waals surface area contributed by atoms with Gasteiger partial charge in [-0.05, 0) is 58.7 Å². The van der Waals surface area contributed by atoms with Crippen molar-refractivity contribution in [2.45, 2.75) is 58.1 Å². The van der Waals surface area contributed by atoms with E-state index in [1.807, 2.05) is 46.8 Å². The lowest BCUT2D eigenvalue weighted by Crippen LogP contribution is -2.35. The summed E-state index contributed by atoms with van der Waals surface area (Å²) in [5, 5.41) is 12.1. The number of nitriles is 1. The second-order valence-corrected chi connectivity index (χ2v) is 6.93. The quantitative estimate of drug-likeness (QED) is 0.833. The molecule has 1 aromatic heterocycles. The zero-order valence-electron chi connectivity index (χ0n) is 14.5. The van der Waals surface area contributed by atoms with Crippen LogP contribution >= 0.6 is 0 Å². The van der Waals surface area contributed by atoms with Gasteiger partial charge in [-0.2, -0.15) is 5.26 Å². The molecule has 0 aromatic carbocycles. The molecule has 0 saturated carbocycles. The first-order valence-corrected chi connectivity index (χ1v) is 7.57. The van der Waals surface area contributed by atoms with Crippen molar-refractivity contribution in [2.24, 2.45) is 0 Å². The summed E-state index contributed by atoms with van der Waals surface area (Å²) in [6.07, 6.45) is 3.38. The van der Waals surface area contributed by atoms with Crippen molar-refractivity contribution in [3.63, 3.8) is 0 Å². The fourth-order valence-corrected chi connectivity index (χ4v) is 1.96. The first kappa shape index (κ1) is 18.7. The minimum Gasteiger partial charge on any atom is -0.444 e. The van der Waals surface area contributed by atoms with Crippen LogP contribution < -0.4 is 5.32 Å². The van der Waals surface area contributed by atoms with Gasteiger partial charge in [-0.15, -0.1) is 6.58 Å². The fraction of sp³-hybridized carbons (Fsp3) is 0.500. The van der Waals surface area contributed by atoms with Crippen molar-refractivity contribution in [3.8, 4) is 6.07 Å². The maximum Gasteiger partial charge on any atom is 0.408 e. The summed E-state index contributed by atoms with van der Waals surface area (Å²) in [7, 11) is 0. The van der Waals surface area contributed by atoms with E-state index >= 15 is 0 Å². The maximum absolute atomic E-state index is 12.0. The van der Waals surface area contributed by atoms with Gasteiger partial charge in [0.2, 0.25) is 0 Å². The molecule has 0 saturated heterocycles. The molecule has 1 aromatic rings. The van der Waals surface area contributed by atoms with Gasteiger partial charge in [0.1, 0.15) is 5.60 Å². The molecular formula is C18H25N3O2. The summed E-state index contributed by atoms with van der Waals surface area (Å²) in [6, 6.07) is 5.57. The maximum atomic E-state index is 12.0. The summed E-state index contributed by atoms with van der Waals surface area (Å²) < 4.78 is 5.29. The predicted octanol–water partition coefficient (Wildman–Crippen LogP) is 4.02. The van der Waals surface area contributed by atoms with Crippen molar-refractivity contribution in [1.29, 1.82) is 5.26 Å². The summed E-state index contributed by atoms with van der Waals surface area (Å²) in [4.78, 5) is 16.3. The Balaban J connectivity index is 3.03. The number of carbonyl (C=O) groups excluding carboxylic acids is 1. The van der Waals surface area contributed by atoms with E-state index in [0.717, 1.165) is 5.56 Å². The largest absolute Gasteiger partial charge is 0.444 e. The highest BCUT2D eigenvalue weighted by atomic mass is 16.6. The van der Waals surface area contributed by atoms with Crippen LogP contribution in [0, 0.1) is 11.3 Å². The Kier molecular flexibility index (Phi) is 5.91. The van der Waals surface area contributed by atoms with Crippen molar-refractivity contribution in [1.82, 2.24) is 10.3 Å². The number of hydrogen-bond donors (Lipinski definition) is 1. The molecule has 1 atom stereocenters. The van der Waals surface area contributed by atoms with Gasteiger partial charge in [0.05, 0.1) is 23.2 Å². The number of carbonyl (C=O) groups is 1. The highest BCUT2D eigenvalue weighted by Gasteiger charge is 2.24. The molecule has 5 heteroatoms. The van der Waals surface area contributed by atoms with Crippen molar-refractivity contribution in [3.05, 3.63) is 42.2 Å². The van der Waals surface area contributed by atoms with E-state index in [1.165, 1.54) is 0 Å². The van der Waals surface area contributed by atoms with E-state index in [-0.39, 0.29) is 6.04 Å². The lowest BCUT2D eigenvalue weighted by molar-refractivity contribution is 0.0503. The minimum atomic E-state index is -0.623. The number of aromatic nitrogens is 1. The third-order valence-electron chi connectivity index (χ3n) is 3.23. The number of ether oxygens (including phenoxy) is 1. The molecule has 0 unspecified atom stereocenters. The molecule has 1 amide bonds. The second-order valence-electron chi connectivity index (χ2n) is 6.93. The van der Waals surface area contributed by atoms with Gasteiger partial charge >= 0.3 is 6.09 Å². The van der Waals surface area contributed by atoms with Gasteiger partial charge < -0.3 is 10.1 Å². The third-order valence-corrected chi connectivity index (χ3v) is 3.23. The van der Waals surface area contributed by atoms with Crippen molar-refractivity contribution >= 4 is 6.09 Å². The van der Waals surface area contributed by atoms with E-state index < -0.39 is 17.1 Å². The molecule has 0 fully saturated rings.